The Morgan fingerprint density at radius 2 is 0.789 bits per heavy atom. The summed E-state index contributed by atoms with van der Waals surface area (Å²) < 4.78 is 64.3. The number of phenols is 2. The number of hydrogen-bond donors (Lipinski definition) is 2. The zero-order chi connectivity index (χ0) is 39.9. The lowest BCUT2D eigenvalue weighted by atomic mass is 9.77. The van der Waals surface area contributed by atoms with Crippen molar-refractivity contribution in [1.29, 1.82) is 0 Å². The molecule has 3 aliphatic rings. The van der Waals surface area contributed by atoms with E-state index in [4.69, 9.17) is 52.1 Å². The van der Waals surface area contributed by atoms with Crippen LogP contribution in [0.5, 0.6) is 11.5 Å². The zero-order valence-corrected chi connectivity index (χ0v) is 32.9. The van der Waals surface area contributed by atoms with Crippen molar-refractivity contribution in [2.24, 2.45) is 0 Å². The summed E-state index contributed by atoms with van der Waals surface area (Å²) in [5, 5.41) is 23.2. The number of ether oxygens (including phenoxy) is 11. The molecule has 0 atom stereocenters. The third-order valence-electron chi connectivity index (χ3n) is 9.72. The molecule has 3 aromatic rings. The number of carbonyl (C=O) groups is 1. The Balaban J connectivity index is 1.46. The summed E-state index contributed by atoms with van der Waals surface area (Å²) in [5.74, 6) is -0.523. The molecule has 0 unspecified atom stereocenters. The molecule has 6 rings (SSSR count). The van der Waals surface area contributed by atoms with Gasteiger partial charge in [0.15, 0.2) is 5.60 Å². The largest absolute Gasteiger partial charge is 0.507 e. The second-order valence-electron chi connectivity index (χ2n) is 13.9. The number of esters is 1. The van der Waals surface area contributed by atoms with E-state index >= 15 is 0 Å². The van der Waals surface area contributed by atoms with Gasteiger partial charge in [0.1, 0.15) is 11.5 Å². The summed E-state index contributed by atoms with van der Waals surface area (Å²) in [4.78, 5) is 16.0. The van der Waals surface area contributed by atoms with Gasteiger partial charge in [-0.05, 0) is 36.4 Å². The van der Waals surface area contributed by atoms with Crippen LogP contribution in [0.3, 0.4) is 0 Å². The van der Waals surface area contributed by atoms with Crippen molar-refractivity contribution in [1.82, 2.24) is 0 Å². The van der Waals surface area contributed by atoms with Gasteiger partial charge >= 0.3 is 5.97 Å². The van der Waals surface area contributed by atoms with E-state index in [2.05, 4.69) is 0 Å². The van der Waals surface area contributed by atoms with E-state index in [1.807, 2.05) is 37.2 Å². The van der Waals surface area contributed by atoms with Crippen LogP contribution in [-0.4, -0.2) is 136 Å². The van der Waals surface area contributed by atoms with E-state index in [1.165, 1.54) is 0 Å². The number of benzene rings is 3. The maximum atomic E-state index is 14.1. The zero-order valence-electron chi connectivity index (χ0n) is 32.9. The van der Waals surface area contributed by atoms with Crippen LogP contribution in [0.2, 0.25) is 0 Å². The molecule has 0 radical (unpaired) electrons. The first-order valence-electron chi connectivity index (χ1n) is 19.4. The fourth-order valence-corrected chi connectivity index (χ4v) is 6.78. The number of carbonyl (C=O) groups excluding carboxylic acids is 1. The molecule has 3 aromatic carbocycles. The Kier molecular flexibility index (Phi) is 16.3. The first-order chi connectivity index (χ1) is 27.9. The maximum absolute atomic E-state index is 14.1. The molecule has 0 saturated carbocycles. The lowest BCUT2D eigenvalue weighted by molar-refractivity contribution is -0.0149. The summed E-state index contributed by atoms with van der Waals surface area (Å²) in [7, 11) is 3.80. The quantitative estimate of drug-likeness (QED) is 0.368. The predicted octanol–water partition coefficient (Wildman–Crippen LogP) is 3.82. The van der Waals surface area contributed by atoms with Gasteiger partial charge < -0.3 is 67.2 Å². The molecule has 15 nitrogen and oxygen atoms in total. The van der Waals surface area contributed by atoms with E-state index in [-0.39, 0.29) is 64.4 Å². The first-order valence-corrected chi connectivity index (χ1v) is 19.4. The summed E-state index contributed by atoms with van der Waals surface area (Å²) in [6.07, 6.45) is 0. The van der Waals surface area contributed by atoms with Gasteiger partial charge in [-0.25, -0.2) is 4.79 Å². The van der Waals surface area contributed by atoms with Gasteiger partial charge in [0.2, 0.25) is 0 Å². The molecule has 0 saturated heterocycles. The molecule has 3 aliphatic heterocycles. The average Bonchev–Trinajstić information content (AvgIpc) is 3.51. The molecule has 0 aliphatic carbocycles. The first kappa shape index (κ1) is 42.7. The van der Waals surface area contributed by atoms with Crippen molar-refractivity contribution >= 4 is 11.7 Å². The fraction of sp³-hybridized carbons (Fsp3) is 0.548. The van der Waals surface area contributed by atoms with Crippen LogP contribution in [0.25, 0.3) is 0 Å². The molecule has 2 N–H and O–H groups in total. The highest BCUT2D eigenvalue weighted by Crippen LogP contribution is 2.50. The van der Waals surface area contributed by atoms with Gasteiger partial charge in [-0.1, -0.05) is 6.07 Å². The molecule has 0 aromatic heterocycles. The van der Waals surface area contributed by atoms with Crippen molar-refractivity contribution in [3.63, 3.8) is 0 Å². The van der Waals surface area contributed by atoms with E-state index in [0.29, 0.717) is 124 Å². The van der Waals surface area contributed by atoms with Crippen molar-refractivity contribution < 1.29 is 67.1 Å². The number of rotatable bonds is 3. The standard InChI is InChI=1S/C42H55NO14/c1-43(2)36-3-4-38-37(25-36)41(46)57-42(38,34-21-30-26-53-17-13-49-9-5-47-6-10-50-14-18-54-27-31(22-34)39(30)44)35-23-32-28-55-19-15-51-11-7-48-8-12-52-16-20-56-29-33(24-35)40(32)45/h3-4,21-25,44-45H,5-20,26-29H2,1-2H3. The number of anilines is 1. The molecule has 4 bridgehead atoms. The number of phenolic OH excluding ortho intramolecular Hbond substituents is 2. The fourth-order valence-electron chi connectivity index (χ4n) is 6.78. The van der Waals surface area contributed by atoms with Gasteiger partial charge in [0.25, 0.3) is 0 Å². The summed E-state index contributed by atoms with van der Waals surface area (Å²) in [6, 6.07) is 12.8. The third kappa shape index (κ3) is 11.2. The van der Waals surface area contributed by atoms with Gasteiger partial charge in [-0.2, -0.15) is 0 Å². The number of cyclic esters (lactones) is 1. The molecule has 0 spiro atoms. The lowest BCUT2D eigenvalue weighted by Crippen LogP contribution is -2.30. The highest BCUT2D eigenvalue weighted by atomic mass is 16.6. The number of hydrogen-bond acceptors (Lipinski definition) is 15. The van der Waals surface area contributed by atoms with Crippen LogP contribution in [0.4, 0.5) is 5.69 Å². The molecule has 57 heavy (non-hydrogen) atoms. The Morgan fingerprint density at radius 1 is 0.474 bits per heavy atom. The monoisotopic (exact) mass is 797 g/mol. The molecular weight excluding hydrogens is 742 g/mol. The second-order valence-corrected chi connectivity index (χ2v) is 13.9. The van der Waals surface area contributed by atoms with Crippen molar-refractivity contribution in [3.05, 3.63) is 87.0 Å². The molecule has 15 heteroatoms. The van der Waals surface area contributed by atoms with Crippen molar-refractivity contribution in [2.75, 3.05) is 125 Å². The van der Waals surface area contributed by atoms with E-state index in [0.717, 1.165) is 5.69 Å². The van der Waals surface area contributed by atoms with Crippen LogP contribution in [0.15, 0.2) is 42.5 Å². The van der Waals surface area contributed by atoms with Crippen molar-refractivity contribution in [3.8, 4) is 11.5 Å². The Morgan fingerprint density at radius 3 is 1.11 bits per heavy atom. The minimum absolute atomic E-state index is 0.00213. The van der Waals surface area contributed by atoms with Crippen LogP contribution in [0, 0.1) is 0 Å². The maximum Gasteiger partial charge on any atom is 0.340 e. The normalized spacial score (nSPS) is 20.2. The molecule has 0 amide bonds. The van der Waals surface area contributed by atoms with E-state index in [9.17, 15) is 15.0 Å². The Labute approximate surface area is 333 Å². The second kappa shape index (κ2) is 21.8. The Hall–Kier alpha value is -3.87. The summed E-state index contributed by atoms with van der Waals surface area (Å²) in [6.45, 7) is 5.89. The minimum Gasteiger partial charge on any atom is -0.507 e. The number of fused-ring (bicyclic) bond motifs is 5. The highest BCUT2D eigenvalue weighted by Gasteiger charge is 2.50. The van der Waals surface area contributed by atoms with E-state index < -0.39 is 11.6 Å². The number of nitrogens with zero attached hydrogens (tertiary/aromatic N) is 1. The molecule has 3 heterocycles. The molecular formula is C42H55NO14. The third-order valence-corrected chi connectivity index (χ3v) is 9.72. The number of aromatic hydroxyl groups is 2. The molecule has 0 fully saturated rings. The van der Waals surface area contributed by atoms with Crippen LogP contribution in [0.1, 0.15) is 49.3 Å². The summed E-state index contributed by atoms with van der Waals surface area (Å²) in [5.41, 5.74) is 3.18. The van der Waals surface area contributed by atoms with Crippen LogP contribution in [-0.2, 0) is 84.1 Å². The Bertz CT molecular complexity index is 1590. The van der Waals surface area contributed by atoms with Crippen molar-refractivity contribution in [2.45, 2.75) is 32.0 Å². The van der Waals surface area contributed by atoms with Gasteiger partial charge in [-0.3, -0.25) is 0 Å². The van der Waals surface area contributed by atoms with E-state index in [1.54, 1.807) is 24.3 Å². The van der Waals surface area contributed by atoms with Crippen LogP contribution >= 0.6 is 0 Å². The van der Waals surface area contributed by atoms with Gasteiger partial charge in [0.05, 0.1) is 138 Å². The lowest BCUT2D eigenvalue weighted by Gasteiger charge is -2.32. The topological polar surface area (TPSA) is 162 Å². The minimum atomic E-state index is -1.54. The smallest absolute Gasteiger partial charge is 0.340 e. The predicted molar refractivity (Wildman–Crippen MR) is 206 cm³/mol. The SMILES string of the molecule is CN(C)c1ccc2c(c1)C(=O)OC2(c1cc2c(O)c(c1)COCCOCCOCCOCCOC2)c1cc2c(O)c(c1)COCCOCCOCCOCCOC2. The molecule has 312 valence electrons. The van der Waals surface area contributed by atoms with Gasteiger partial charge in [-0.15, -0.1) is 0 Å². The highest BCUT2D eigenvalue weighted by molar-refractivity contribution is 5.97. The summed E-state index contributed by atoms with van der Waals surface area (Å²) >= 11 is 0. The average molecular weight is 798 g/mol. The van der Waals surface area contributed by atoms with Crippen LogP contribution < -0.4 is 4.90 Å². The van der Waals surface area contributed by atoms with Gasteiger partial charge in [0, 0.05) is 58.7 Å².